The number of hydrogen-bond acceptors (Lipinski definition) is 3. The Labute approximate surface area is 214 Å². The van der Waals surface area contributed by atoms with Gasteiger partial charge >= 0.3 is 12.5 Å². The third-order valence-corrected chi connectivity index (χ3v) is 5.95. The molecule has 13 heteroatoms. The van der Waals surface area contributed by atoms with Crippen LogP contribution in [-0.2, 0) is 10.8 Å². The van der Waals surface area contributed by atoms with Crippen LogP contribution in [0.3, 0.4) is 0 Å². The van der Waals surface area contributed by atoms with Gasteiger partial charge in [0.25, 0.3) is 0 Å². The van der Waals surface area contributed by atoms with Crippen molar-refractivity contribution in [3.63, 3.8) is 0 Å². The van der Waals surface area contributed by atoms with Crippen molar-refractivity contribution in [2.45, 2.75) is 38.3 Å². The van der Waals surface area contributed by atoms with E-state index in [4.69, 9.17) is 4.74 Å². The topological polar surface area (TPSA) is 27.7 Å². The van der Waals surface area contributed by atoms with Gasteiger partial charge in [-0.3, -0.25) is 0 Å². The van der Waals surface area contributed by atoms with Crippen molar-refractivity contribution in [1.82, 2.24) is 0 Å². The van der Waals surface area contributed by atoms with Crippen LogP contribution in [0.25, 0.3) is 11.1 Å². The molecule has 0 spiro atoms. The first-order valence-corrected chi connectivity index (χ1v) is 11.4. The molecule has 39 heavy (non-hydrogen) atoms. The van der Waals surface area contributed by atoms with Crippen molar-refractivity contribution < 1.29 is 58.1 Å². The normalized spacial score (nSPS) is 18.2. The van der Waals surface area contributed by atoms with Crippen LogP contribution in [0.1, 0.15) is 37.0 Å². The first-order valence-electron chi connectivity index (χ1n) is 11.4. The fourth-order valence-corrected chi connectivity index (χ4v) is 4.13. The standard InChI is InChI=1S/C26H18F10O3/c1-12-2-5-22(37-11-12)13-3-4-16(17(27)6-13)14-7-18(28)23(19(29)8-14)25(32,33)38-15-9-20(30)24(21(31)10-15)39-26(34,35)36/h3-4,6-10,12,22H,2,5,11H2,1H3. The summed E-state index contributed by atoms with van der Waals surface area (Å²) in [6.45, 7) is 2.48. The van der Waals surface area contributed by atoms with E-state index in [1.807, 2.05) is 6.92 Å². The summed E-state index contributed by atoms with van der Waals surface area (Å²) in [4.78, 5) is 0. The number of halogens is 10. The lowest BCUT2D eigenvalue weighted by molar-refractivity contribution is -0.276. The highest BCUT2D eigenvalue weighted by Gasteiger charge is 2.42. The van der Waals surface area contributed by atoms with Gasteiger partial charge in [-0.2, -0.15) is 8.78 Å². The molecular weight excluding hydrogens is 550 g/mol. The summed E-state index contributed by atoms with van der Waals surface area (Å²) in [5, 5.41) is 0. The Kier molecular flexibility index (Phi) is 7.75. The summed E-state index contributed by atoms with van der Waals surface area (Å²) in [6, 6.07) is 4.46. The molecule has 0 N–H and O–H groups in total. The maximum Gasteiger partial charge on any atom is 0.573 e. The minimum Gasteiger partial charge on any atom is -0.429 e. The van der Waals surface area contributed by atoms with E-state index in [-0.39, 0.29) is 23.8 Å². The molecule has 0 bridgehead atoms. The fraction of sp³-hybridized carbons (Fsp3) is 0.308. The van der Waals surface area contributed by atoms with Gasteiger partial charge in [0.15, 0.2) is 11.6 Å². The van der Waals surface area contributed by atoms with Crippen molar-refractivity contribution in [3.05, 3.63) is 82.7 Å². The minimum atomic E-state index is -5.50. The predicted octanol–water partition coefficient (Wildman–Crippen LogP) is 8.56. The van der Waals surface area contributed by atoms with E-state index in [0.717, 1.165) is 12.5 Å². The Balaban J connectivity index is 1.59. The van der Waals surface area contributed by atoms with Crippen molar-refractivity contribution in [2.75, 3.05) is 6.61 Å². The van der Waals surface area contributed by atoms with E-state index in [2.05, 4.69) is 9.47 Å². The van der Waals surface area contributed by atoms with E-state index in [1.165, 1.54) is 12.1 Å². The molecule has 1 heterocycles. The van der Waals surface area contributed by atoms with Crippen LogP contribution in [0.5, 0.6) is 11.5 Å². The predicted molar refractivity (Wildman–Crippen MR) is 116 cm³/mol. The average molecular weight is 568 g/mol. The van der Waals surface area contributed by atoms with E-state index >= 15 is 0 Å². The zero-order valence-corrected chi connectivity index (χ0v) is 19.8. The zero-order valence-electron chi connectivity index (χ0n) is 19.8. The van der Waals surface area contributed by atoms with Crippen LogP contribution in [0.4, 0.5) is 43.9 Å². The fourth-order valence-electron chi connectivity index (χ4n) is 4.13. The molecular formula is C26H18F10O3. The summed E-state index contributed by atoms with van der Waals surface area (Å²) < 4.78 is 151. The van der Waals surface area contributed by atoms with Crippen LogP contribution in [-0.4, -0.2) is 13.0 Å². The molecule has 0 amide bonds. The van der Waals surface area contributed by atoms with E-state index in [1.54, 1.807) is 0 Å². The molecule has 0 aliphatic carbocycles. The molecule has 2 atom stereocenters. The Morgan fingerprint density at radius 1 is 0.744 bits per heavy atom. The highest BCUT2D eigenvalue weighted by atomic mass is 19.4. The van der Waals surface area contributed by atoms with Crippen molar-refractivity contribution in [2.24, 2.45) is 5.92 Å². The summed E-state index contributed by atoms with van der Waals surface area (Å²) in [5.41, 5.74) is -2.23. The Bertz CT molecular complexity index is 1320. The molecule has 210 valence electrons. The summed E-state index contributed by atoms with van der Waals surface area (Å²) in [5.74, 6) is -11.8. The van der Waals surface area contributed by atoms with Gasteiger partial charge in [-0.25, -0.2) is 22.0 Å². The number of rotatable bonds is 6. The summed E-state index contributed by atoms with van der Waals surface area (Å²) in [7, 11) is 0. The van der Waals surface area contributed by atoms with Crippen LogP contribution in [0, 0.1) is 35.0 Å². The Hall–Kier alpha value is -3.48. The minimum absolute atomic E-state index is 0.0874. The van der Waals surface area contributed by atoms with Gasteiger partial charge in [-0.05, 0) is 48.1 Å². The molecule has 1 aliphatic heterocycles. The third kappa shape index (κ3) is 6.40. The van der Waals surface area contributed by atoms with Crippen molar-refractivity contribution in [3.8, 4) is 22.6 Å². The van der Waals surface area contributed by atoms with Gasteiger partial charge in [0, 0.05) is 24.3 Å². The van der Waals surface area contributed by atoms with Gasteiger partial charge in [0.1, 0.15) is 28.8 Å². The number of alkyl halides is 5. The second kappa shape index (κ2) is 10.6. The lowest BCUT2D eigenvalue weighted by Crippen LogP contribution is -2.25. The number of hydrogen-bond donors (Lipinski definition) is 0. The maximum absolute atomic E-state index is 14.8. The van der Waals surface area contributed by atoms with Gasteiger partial charge in [0.05, 0.1) is 6.10 Å². The van der Waals surface area contributed by atoms with Crippen LogP contribution < -0.4 is 9.47 Å². The largest absolute Gasteiger partial charge is 0.573 e. The van der Waals surface area contributed by atoms with E-state index in [9.17, 15) is 43.9 Å². The highest BCUT2D eigenvalue weighted by molar-refractivity contribution is 5.65. The SMILES string of the molecule is CC1CCC(c2ccc(-c3cc(F)c(C(F)(F)Oc4cc(F)c(OC(F)(F)F)c(F)c4)c(F)c3)c(F)c2)OC1. The summed E-state index contributed by atoms with van der Waals surface area (Å²) >= 11 is 0. The maximum atomic E-state index is 14.8. The number of benzene rings is 3. The Morgan fingerprint density at radius 2 is 1.36 bits per heavy atom. The molecule has 0 radical (unpaired) electrons. The van der Waals surface area contributed by atoms with Crippen LogP contribution >= 0.6 is 0 Å². The quantitative estimate of drug-likeness (QED) is 0.279. The molecule has 3 aromatic rings. The lowest BCUT2D eigenvalue weighted by atomic mass is 9.94. The van der Waals surface area contributed by atoms with E-state index < -0.39 is 64.2 Å². The third-order valence-electron chi connectivity index (χ3n) is 5.95. The summed E-state index contributed by atoms with van der Waals surface area (Å²) in [6.07, 6.45) is -9.27. The first kappa shape index (κ1) is 28.5. The highest BCUT2D eigenvalue weighted by Crippen LogP contribution is 2.40. The molecule has 4 rings (SSSR count). The van der Waals surface area contributed by atoms with Crippen molar-refractivity contribution >= 4 is 0 Å². The molecule has 1 saturated heterocycles. The monoisotopic (exact) mass is 568 g/mol. The molecule has 3 nitrogen and oxygen atoms in total. The van der Waals surface area contributed by atoms with Gasteiger partial charge in [-0.15, -0.1) is 13.2 Å². The second-order valence-electron chi connectivity index (χ2n) is 8.94. The van der Waals surface area contributed by atoms with Crippen molar-refractivity contribution in [1.29, 1.82) is 0 Å². The zero-order chi connectivity index (χ0) is 28.7. The van der Waals surface area contributed by atoms with Gasteiger partial charge in [-0.1, -0.05) is 19.1 Å². The smallest absolute Gasteiger partial charge is 0.429 e. The molecule has 2 unspecified atom stereocenters. The molecule has 3 aromatic carbocycles. The van der Waals surface area contributed by atoms with Gasteiger partial charge < -0.3 is 14.2 Å². The van der Waals surface area contributed by atoms with Crippen LogP contribution in [0.15, 0.2) is 42.5 Å². The van der Waals surface area contributed by atoms with Gasteiger partial charge in [0.2, 0.25) is 5.75 Å². The second-order valence-corrected chi connectivity index (χ2v) is 8.94. The molecule has 0 aromatic heterocycles. The lowest BCUT2D eigenvalue weighted by Gasteiger charge is -2.27. The average Bonchev–Trinajstić information content (AvgIpc) is 2.80. The molecule has 1 fully saturated rings. The number of ether oxygens (including phenoxy) is 3. The molecule has 0 saturated carbocycles. The Morgan fingerprint density at radius 3 is 1.87 bits per heavy atom. The molecule has 1 aliphatic rings. The first-order chi connectivity index (χ1) is 18.1. The van der Waals surface area contributed by atoms with E-state index in [0.29, 0.717) is 36.6 Å². The van der Waals surface area contributed by atoms with Crippen LogP contribution in [0.2, 0.25) is 0 Å².